The van der Waals surface area contributed by atoms with Gasteiger partial charge < -0.3 is 20.5 Å². The molecule has 1 aromatic rings. The molecule has 35 heavy (non-hydrogen) atoms. The number of nitrogens with zero attached hydrogens (tertiary/aromatic N) is 1. The molecular weight excluding hydrogens is 452 g/mol. The third-order valence-corrected chi connectivity index (χ3v) is 5.23. The van der Waals surface area contributed by atoms with Gasteiger partial charge in [0.1, 0.15) is 17.3 Å². The van der Waals surface area contributed by atoms with Crippen LogP contribution in [0.25, 0.3) is 0 Å². The summed E-state index contributed by atoms with van der Waals surface area (Å²) in [6.07, 6.45) is 0.180. The summed E-state index contributed by atoms with van der Waals surface area (Å²) in [6.45, 7) is 12.7. The summed E-state index contributed by atoms with van der Waals surface area (Å²) in [6, 6.07) is 3.03. The van der Waals surface area contributed by atoms with Crippen molar-refractivity contribution < 1.29 is 29.0 Å². The number of ether oxygens (including phenoxy) is 1. The van der Waals surface area contributed by atoms with Crippen LogP contribution in [-0.4, -0.2) is 57.7 Å². The van der Waals surface area contributed by atoms with E-state index >= 15 is 0 Å². The van der Waals surface area contributed by atoms with Gasteiger partial charge in [-0.2, -0.15) is 0 Å². The average Bonchev–Trinajstić information content (AvgIpc) is 2.75. The van der Waals surface area contributed by atoms with Gasteiger partial charge in [0.15, 0.2) is 0 Å². The van der Waals surface area contributed by atoms with Crippen LogP contribution in [0.1, 0.15) is 78.2 Å². The van der Waals surface area contributed by atoms with E-state index in [1.165, 1.54) is 12.3 Å². The molecule has 0 saturated heterocycles. The molecule has 0 saturated carbocycles. The van der Waals surface area contributed by atoms with Crippen molar-refractivity contribution >= 4 is 23.8 Å². The van der Waals surface area contributed by atoms with Gasteiger partial charge >= 0.3 is 6.09 Å². The highest BCUT2D eigenvalue weighted by atomic mass is 16.6. The Labute approximate surface area is 207 Å². The molecule has 0 aliphatic rings. The Morgan fingerprint density at radius 2 is 1.74 bits per heavy atom. The van der Waals surface area contributed by atoms with E-state index < -0.39 is 47.6 Å². The van der Waals surface area contributed by atoms with Crippen molar-refractivity contribution in [3.05, 3.63) is 30.1 Å². The quantitative estimate of drug-likeness (QED) is 0.371. The van der Waals surface area contributed by atoms with Crippen LogP contribution in [-0.2, 0) is 14.3 Å². The van der Waals surface area contributed by atoms with Crippen molar-refractivity contribution in [3.8, 4) is 0 Å². The third-order valence-electron chi connectivity index (χ3n) is 5.23. The van der Waals surface area contributed by atoms with E-state index in [4.69, 9.17) is 4.74 Å². The minimum absolute atomic E-state index is 0.0789. The van der Waals surface area contributed by atoms with E-state index in [9.17, 15) is 24.3 Å². The van der Waals surface area contributed by atoms with Gasteiger partial charge in [-0.05, 0) is 51.2 Å². The topological polar surface area (TPSA) is 147 Å². The molecule has 4 atom stereocenters. The van der Waals surface area contributed by atoms with Gasteiger partial charge in [0.05, 0.1) is 18.6 Å². The second kappa shape index (κ2) is 13.8. The zero-order chi connectivity index (χ0) is 26.8. The van der Waals surface area contributed by atoms with Crippen molar-refractivity contribution in [2.75, 3.05) is 0 Å². The summed E-state index contributed by atoms with van der Waals surface area (Å²) in [5, 5.41) is 18.3. The SMILES string of the molecule is CC[C@H](C)[C@H](NC(=O)C[C@H](O)[C@H](CC(C)C)NC(=O)OC(C)(C)C)C(=O)NC(=O)c1ccccn1. The fraction of sp³-hybridized carbons (Fsp3) is 0.640. The summed E-state index contributed by atoms with van der Waals surface area (Å²) in [5.41, 5.74) is -0.631. The number of amides is 4. The third kappa shape index (κ3) is 11.3. The molecule has 10 heteroatoms. The summed E-state index contributed by atoms with van der Waals surface area (Å²) >= 11 is 0. The summed E-state index contributed by atoms with van der Waals surface area (Å²) in [4.78, 5) is 54.0. The van der Waals surface area contributed by atoms with Crippen LogP contribution in [0.3, 0.4) is 0 Å². The lowest BCUT2D eigenvalue weighted by Gasteiger charge is -2.28. The monoisotopic (exact) mass is 492 g/mol. The fourth-order valence-corrected chi connectivity index (χ4v) is 3.30. The molecule has 196 valence electrons. The van der Waals surface area contributed by atoms with Gasteiger partial charge in [-0.25, -0.2) is 4.79 Å². The van der Waals surface area contributed by atoms with Crippen LogP contribution in [0, 0.1) is 11.8 Å². The number of carbonyl (C=O) groups excluding carboxylic acids is 4. The average molecular weight is 493 g/mol. The van der Waals surface area contributed by atoms with Crippen molar-refractivity contribution in [3.63, 3.8) is 0 Å². The predicted molar refractivity (Wildman–Crippen MR) is 131 cm³/mol. The number of hydrogen-bond acceptors (Lipinski definition) is 7. The Balaban J connectivity index is 2.85. The number of aromatic nitrogens is 1. The van der Waals surface area contributed by atoms with Gasteiger partial charge in [-0.1, -0.05) is 40.2 Å². The number of alkyl carbamates (subject to hydrolysis) is 1. The molecule has 0 unspecified atom stereocenters. The largest absolute Gasteiger partial charge is 0.444 e. The van der Waals surface area contributed by atoms with Crippen molar-refractivity contribution in [1.29, 1.82) is 0 Å². The maximum absolute atomic E-state index is 12.8. The molecule has 1 rings (SSSR count). The zero-order valence-corrected chi connectivity index (χ0v) is 21.8. The highest BCUT2D eigenvalue weighted by molar-refractivity contribution is 6.05. The Bertz CT molecular complexity index is 853. The molecule has 0 aromatic carbocycles. The minimum Gasteiger partial charge on any atom is -0.444 e. The molecular formula is C25H40N4O6. The number of nitrogens with one attached hydrogen (secondary N) is 3. The molecule has 4 amide bonds. The number of carbonyl (C=O) groups is 4. The molecule has 0 spiro atoms. The first-order valence-corrected chi connectivity index (χ1v) is 12.0. The van der Waals surface area contributed by atoms with Gasteiger partial charge in [0.25, 0.3) is 5.91 Å². The van der Waals surface area contributed by atoms with Crippen molar-refractivity contribution in [2.45, 2.75) is 91.5 Å². The standard InChI is InChI=1S/C25H40N4O6/c1-8-16(4)21(23(33)29-22(32)17-11-9-10-12-26-17)28-20(31)14-19(30)18(13-15(2)3)27-24(34)35-25(5,6)7/h9-12,15-16,18-19,21,30H,8,13-14H2,1-7H3,(H,27,34)(H,28,31)(H,29,32,33)/t16-,18-,19-,21-/m0/s1. The van der Waals surface area contributed by atoms with E-state index in [1.54, 1.807) is 39.8 Å². The molecule has 0 radical (unpaired) electrons. The molecule has 10 nitrogen and oxygen atoms in total. The first kappa shape index (κ1) is 30.0. The number of pyridine rings is 1. The number of rotatable bonds is 11. The first-order chi connectivity index (χ1) is 16.2. The molecule has 1 aromatic heterocycles. The number of imide groups is 1. The highest BCUT2D eigenvalue weighted by Crippen LogP contribution is 2.14. The minimum atomic E-state index is -1.21. The van der Waals surface area contributed by atoms with E-state index in [-0.39, 0.29) is 24.0 Å². The normalized spacial score (nSPS) is 14.9. The Morgan fingerprint density at radius 3 is 2.26 bits per heavy atom. The van der Waals surface area contributed by atoms with Crippen LogP contribution in [0.15, 0.2) is 24.4 Å². The second-order valence-electron chi connectivity index (χ2n) is 10.1. The van der Waals surface area contributed by atoms with Crippen LogP contribution in [0.4, 0.5) is 4.79 Å². The zero-order valence-electron chi connectivity index (χ0n) is 21.8. The van der Waals surface area contributed by atoms with Gasteiger partial charge in [0, 0.05) is 6.20 Å². The van der Waals surface area contributed by atoms with Gasteiger partial charge in [-0.3, -0.25) is 24.7 Å². The molecule has 0 aliphatic carbocycles. The molecule has 1 heterocycles. The highest BCUT2D eigenvalue weighted by Gasteiger charge is 2.31. The van der Waals surface area contributed by atoms with Crippen molar-refractivity contribution in [2.24, 2.45) is 11.8 Å². The Kier molecular flexibility index (Phi) is 11.8. The van der Waals surface area contributed by atoms with Gasteiger partial charge in [-0.15, -0.1) is 0 Å². The van der Waals surface area contributed by atoms with Crippen LogP contribution in [0.5, 0.6) is 0 Å². The maximum Gasteiger partial charge on any atom is 0.407 e. The first-order valence-electron chi connectivity index (χ1n) is 12.0. The fourth-order valence-electron chi connectivity index (χ4n) is 3.30. The summed E-state index contributed by atoms with van der Waals surface area (Å²) in [7, 11) is 0. The molecule has 4 N–H and O–H groups in total. The molecule has 0 aliphatic heterocycles. The van der Waals surface area contributed by atoms with Crippen LogP contribution < -0.4 is 16.0 Å². The lowest BCUT2D eigenvalue weighted by atomic mass is 9.95. The Hall–Kier alpha value is -3.01. The summed E-state index contributed by atoms with van der Waals surface area (Å²) < 4.78 is 5.27. The maximum atomic E-state index is 12.8. The lowest BCUT2D eigenvalue weighted by Crippen LogP contribution is -2.53. The Morgan fingerprint density at radius 1 is 1.09 bits per heavy atom. The van der Waals surface area contributed by atoms with Crippen LogP contribution in [0.2, 0.25) is 0 Å². The van der Waals surface area contributed by atoms with Gasteiger partial charge in [0.2, 0.25) is 11.8 Å². The summed E-state index contributed by atoms with van der Waals surface area (Å²) in [5.74, 6) is -2.06. The number of aliphatic hydroxyl groups is 1. The second-order valence-corrected chi connectivity index (χ2v) is 10.1. The van der Waals surface area contributed by atoms with E-state index in [0.29, 0.717) is 12.8 Å². The predicted octanol–water partition coefficient (Wildman–Crippen LogP) is 2.56. The van der Waals surface area contributed by atoms with E-state index in [0.717, 1.165) is 0 Å². The smallest absolute Gasteiger partial charge is 0.407 e. The number of aliphatic hydroxyl groups excluding tert-OH is 1. The lowest BCUT2D eigenvalue weighted by molar-refractivity contribution is -0.131. The van der Waals surface area contributed by atoms with Crippen molar-refractivity contribution in [1.82, 2.24) is 20.9 Å². The van der Waals surface area contributed by atoms with Crippen LogP contribution >= 0.6 is 0 Å². The van der Waals surface area contributed by atoms with E-state index in [1.807, 2.05) is 20.8 Å². The molecule has 0 bridgehead atoms. The van der Waals surface area contributed by atoms with E-state index in [2.05, 4.69) is 20.9 Å². The molecule has 0 fully saturated rings. The number of hydrogen-bond donors (Lipinski definition) is 4.